The topological polar surface area (TPSA) is 44.1 Å². The van der Waals surface area contributed by atoms with Gasteiger partial charge in [0, 0.05) is 0 Å². The lowest BCUT2D eigenvalue weighted by Crippen LogP contribution is -2.14. The predicted octanol–water partition coefficient (Wildman–Crippen LogP) is 5.98. The van der Waals surface area contributed by atoms with Crippen LogP contribution in [-0.4, -0.2) is 22.4 Å². The summed E-state index contributed by atoms with van der Waals surface area (Å²) in [6.45, 7) is 3.58. The van der Waals surface area contributed by atoms with Crippen molar-refractivity contribution in [1.29, 1.82) is 0 Å². The van der Waals surface area contributed by atoms with Crippen molar-refractivity contribution in [1.82, 2.24) is 9.78 Å². The summed E-state index contributed by atoms with van der Waals surface area (Å²) in [6.07, 6.45) is -3.48. The zero-order valence-electron chi connectivity index (χ0n) is 13.8. The molecular formula is C16H14Cl3F3N2O2. The summed E-state index contributed by atoms with van der Waals surface area (Å²) in [6, 6.07) is 1.43. The van der Waals surface area contributed by atoms with Gasteiger partial charge < -0.3 is 4.74 Å². The average Bonchev–Trinajstić information content (AvgIpc) is 2.83. The van der Waals surface area contributed by atoms with E-state index in [2.05, 4.69) is 5.10 Å². The van der Waals surface area contributed by atoms with Crippen molar-refractivity contribution in [3.63, 3.8) is 0 Å². The second kappa shape index (κ2) is 8.06. The third-order valence-corrected chi connectivity index (χ3v) is 4.38. The van der Waals surface area contributed by atoms with Crippen LogP contribution >= 0.6 is 34.8 Å². The van der Waals surface area contributed by atoms with Crippen molar-refractivity contribution in [2.45, 2.75) is 32.9 Å². The molecule has 26 heavy (non-hydrogen) atoms. The molecule has 1 aromatic heterocycles. The Morgan fingerprint density at radius 1 is 1.19 bits per heavy atom. The minimum Gasteiger partial charge on any atom is -0.461 e. The molecule has 0 saturated heterocycles. The van der Waals surface area contributed by atoms with E-state index >= 15 is 0 Å². The van der Waals surface area contributed by atoms with Gasteiger partial charge in [0.25, 0.3) is 0 Å². The van der Waals surface area contributed by atoms with Gasteiger partial charge in [-0.25, -0.2) is 9.48 Å². The summed E-state index contributed by atoms with van der Waals surface area (Å²) in [5.74, 6) is -0.778. The maximum absolute atomic E-state index is 12.9. The van der Waals surface area contributed by atoms with E-state index in [1.165, 1.54) is 0 Å². The Bertz CT molecular complexity index is 812. The molecule has 0 aliphatic rings. The smallest absolute Gasteiger partial charge is 0.416 e. The maximum Gasteiger partial charge on any atom is 0.416 e. The molecule has 2 aromatic rings. The highest BCUT2D eigenvalue weighted by Crippen LogP contribution is 2.39. The fraction of sp³-hybridized carbons (Fsp3) is 0.375. The molecule has 1 heterocycles. The van der Waals surface area contributed by atoms with Gasteiger partial charge in [0.2, 0.25) is 0 Å². The van der Waals surface area contributed by atoms with Crippen LogP contribution in [0, 0.1) is 0 Å². The standard InChI is InChI=1S/C16H14Cl3F3N2O2/c1-3-5-11-12(19)14(15(25)26-4-2)24(23-11)13-9(17)6-8(7-10(13)18)16(20,21)22/h6-7H,3-5H2,1-2H3. The van der Waals surface area contributed by atoms with Gasteiger partial charge in [-0.3, -0.25) is 0 Å². The van der Waals surface area contributed by atoms with Crippen molar-refractivity contribution >= 4 is 40.8 Å². The van der Waals surface area contributed by atoms with E-state index in [0.717, 1.165) is 4.68 Å². The van der Waals surface area contributed by atoms with Gasteiger partial charge in [-0.1, -0.05) is 48.1 Å². The van der Waals surface area contributed by atoms with Crippen LogP contribution in [0.5, 0.6) is 0 Å². The molecule has 0 radical (unpaired) electrons. The van der Waals surface area contributed by atoms with Crippen molar-refractivity contribution in [2.24, 2.45) is 0 Å². The quantitative estimate of drug-likeness (QED) is 0.549. The summed E-state index contributed by atoms with van der Waals surface area (Å²) in [5, 5.41) is 3.63. The summed E-state index contributed by atoms with van der Waals surface area (Å²) in [7, 11) is 0. The second-order valence-corrected chi connectivity index (χ2v) is 6.47. The van der Waals surface area contributed by atoms with Crippen LogP contribution in [0.4, 0.5) is 13.2 Å². The minimum atomic E-state index is -4.62. The second-order valence-electron chi connectivity index (χ2n) is 5.28. The Hall–Kier alpha value is -1.44. The van der Waals surface area contributed by atoms with Gasteiger partial charge in [-0.15, -0.1) is 0 Å². The molecule has 0 unspecified atom stereocenters. The third-order valence-electron chi connectivity index (χ3n) is 3.41. The molecule has 0 N–H and O–H groups in total. The Balaban J connectivity index is 2.71. The van der Waals surface area contributed by atoms with Gasteiger partial charge in [-0.2, -0.15) is 18.3 Å². The van der Waals surface area contributed by atoms with Crippen LogP contribution in [-0.2, 0) is 17.3 Å². The first-order valence-corrected chi connectivity index (χ1v) is 8.76. The molecule has 0 spiro atoms. The highest BCUT2D eigenvalue weighted by Gasteiger charge is 2.33. The molecule has 0 bridgehead atoms. The number of aromatic nitrogens is 2. The van der Waals surface area contributed by atoms with Gasteiger partial charge in [-0.05, 0) is 25.5 Å². The number of ether oxygens (including phenoxy) is 1. The number of hydrogen-bond acceptors (Lipinski definition) is 3. The Labute approximate surface area is 162 Å². The van der Waals surface area contributed by atoms with E-state index in [1.807, 2.05) is 6.92 Å². The Kier molecular flexibility index (Phi) is 6.47. The lowest BCUT2D eigenvalue weighted by molar-refractivity contribution is -0.137. The molecule has 1 aromatic carbocycles. The summed E-state index contributed by atoms with van der Waals surface area (Å²) >= 11 is 18.3. The third kappa shape index (κ3) is 4.10. The molecule has 0 aliphatic heterocycles. The van der Waals surface area contributed by atoms with E-state index in [9.17, 15) is 18.0 Å². The number of benzene rings is 1. The monoisotopic (exact) mass is 428 g/mol. The SMILES string of the molecule is CCCc1nn(-c2c(Cl)cc(C(F)(F)F)cc2Cl)c(C(=O)OCC)c1Cl. The molecule has 0 atom stereocenters. The molecule has 0 fully saturated rings. The highest BCUT2D eigenvalue weighted by atomic mass is 35.5. The number of aryl methyl sites for hydroxylation is 1. The molecule has 142 valence electrons. The molecule has 4 nitrogen and oxygen atoms in total. The summed E-state index contributed by atoms with van der Waals surface area (Å²) < 4.78 is 44.8. The van der Waals surface area contributed by atoms with E-state index in [4.69, 9.17) is 39.5 Å². The maximum atomic E-state index is 12.9. The fourth-order valence-corrected chi connectivity index (χ4v) is 3.25. The molecule has 2 rings (SSSR count). The Morgan fingerprint density at radius 2 is 1.77 bits per heavy atom. The largest absolute Gasteiger partial charge is 0.461 e. The van der Waals surface area contributed by atoms with E-state index in [1.54, 1.807) is 6.92 Å². The van der Waals surface area contributed by atoms with Crippen LogP contribution in [0.25, 0.3) is 5.69 Å². The van der Waals surface area contributed by atoms with Gasteiger partial charge in [0.05, 0.1) is 32.9 Å². The first-order valence-electron chi connectivity index (χ1n) is 7.62. The first kappa shape index (κ1) is 20.9. The van der Waals surface area contributed by atoms with Crippen LogP contribution < -0.4 is 0 Å². The van der Waals surface area contributed by atoms with Crippen molar-refractivity contribution in [3.8, 4) is 5.69 Å². The number of nitrogens with zero attached hydrogens (tertiary/aromatic N) is 2. The summed E-state index contributed by atoms with van der Waals surface area (Å²) in [5.41, 5.74) is -0.834. The van der Waals surface area contributed by atoms with Crippen molar-refractivity contribution in [3.05, 3.63) is 44.2 Å². The molecule has 0 aliphatic carbocycles. The molecular weight excluding hydrogens is 416 g/mol. The number of halogens is 6. The number of esters is 1. The van der Waals surface area contributed by atoms with E-state index < -0.39 is 17.7 Å². The Morgan fingerprint density at radius 3 is 2.23 bits per heavy atom. The van der Waals surface area contributed by atoms with E-state index in [0.29, 0.717) is 30.7 Å². The van der Waals surface area contributed by atoms with E-state index in [-0.39, 0.29) is 33.1 Å². The van der Waals surface area contributed by atoms with Crippen LogP contribution in [0.2, 0.25) is 15.1 Å². The lowest BCUT2D eigenvalue weighted by atomic mass is 10.2. The first-order chi connectivity index (χ1) is 12.1. The normalized spacial score (nSPS) is 11.7. The van der Waals surface area contributed by atoms with Crippen molar-refractivity contribution < 1.29 is 22.7 Å². The number of alkyl halides is 3. The zero-order valence-corrected chi connectivity index (χ0v) is 16.0. The molecule has 0 saturated carbocycles. The number of carbonyl (C=O) groups is 1. The van der Waals surface area contributed by atoms with Crippen LogP contribution in [0.3, 0.4) is 0 Å². The molecule has 0 amide bonds. The fourth-order valence-electron chi connectivity index (χ4n) is 2.31. The van der Waals surface area contributed by atoms with Gasteiger partial charge >= 0.3 is 12.1 Å². The zero-order chi connectivity index (χ0) is 19.6. The minimum absolute atomic E-state index is 0.0531. The van der Waals surface area contributed by atoms with Crippen molar-refractivity contribution in [2.75, 3.05) is 6.61 Å². The van der Waals surface area contributed by atoms with Gasteiger partial charge in [0.15, 0.2) is 5.69 Å². The molecule has 10 heteroatoms. The highest BCUT2D eigenvalue weighted by molar-refractivity contribution is 6.38. The predicted molar refractivity (Wildman–Crippen MR) is 93.5 cm³/mol. The van der Waals surface area contributed by atoms with Crippen LogP contribution in [0.1, 0.15) is 42.0 Å². The number of rotatable bonds is 5. The average molecular weight is 430 g/mol. The van der Waals surface area contributed by atoms with Gasteiger partial charge in [0.1, 0.15) is 5.69 Å². The number of hydrogen-bond donors (Lipinski definition) is 0. The summed E-state index contributed by atoms with van der Waals surface area (Å²) in [4.78, 5) is 12.3. The number of carbonyl (C=O) groups excluding carboxylic acids is 1. The van der Waals surface area contributed by atoms with Crippen LogP contribution in [0.15, 0.2) is 12.1 Å². The lowest BCUT2D eigenvalue weighted by Gasteiger charge is -2.14.